The van der Waals surface area contributed by atoms with E-state index in [1.165, 1.54) is 5.56 Å². The summed E-state index contributed by atoms with van der Waals surface area (Å²) in [6.07, 6.45) is 2.50. The summed E-state index contributed by atoms with van der Waals surface area (Å²) >= 11 is 0. The van der Waals surface area contributed by atoms with Gasteiger partial charge >= 0.3 is 0 Å². The van der Waals surface area contributed by atoms with Gasteiger partial charge in [0.05, 0.1) is 0 Å². The van der Waals surface area contributed by atoms with E-state index < -0.39 is 0 Å². The van der Waals surface area contributed by atoms with Crippen molar-refractivity contribution in [3.63, 3.8) is 0 Å². The van der Waals surface area contributed by atoms with Gasteiger partial charge in [0.15, 0.2) is 0 Å². The number of nitrogens with two attached hydrogens (primary N) is 2. The Morgan fingerprint density at radius 2 is 1.71 bits per heavy atom. The second kappa shape index (κ2) is 5.78. The van der Waals surface area contributed by atoms with E-state index >= 15 is 0 Å². The Kier molecular flexibility index (Phi) is 4.63. The van der Waals surface area contributed by atoms with Crippen LogP contribution in [0.15, 0.2) is 30.3 Å². The van der Waals surface area contributed by atoms with Crippen LogP contribution in [0.25, 0.3) is 0 Å². The Labute approximate surface area is 86.3 Å². The normalized spacial score (nSPS) is 15.1. The molecule has 0 saturated heterocycles. The Balaban J connectivity index is 2.37. The van der Waals surface area contributed by atoms with Crippen LogP contribution in [-0.2, 0) is 6.42 Å². The van der Waals surface area contributed by atoms with Crippen LogP contribution in [0.4, 0.5) is 0 Å². The van der Waals surface area contributed by atoms with E-state index in [0.717, 1.165) is 19.3 Å². The summed E-state index contributed by atoms with van der Waals surface area (Å²) < 4.78 is 0. The lowest BCUT2D eigenvalue weighted by Crippen LogP contribution is -2.32. The van der Waals surface area contributed by atoms with Crippen LogP contribution in [0.3, 0.4) is 0 Å². The van der Waals surface area contributed by atoms with Crippen molar-refractivity contribution >= 4 is 0 Å². The number of hydrogen-bond donors (Lipinski definition) is 2. The summed E-state index contributed by atoms with van der Waals surface area (Å²) in [7, 11) is 0. The first-order valence-electron chi connectivity index (χ1n) is 5.06. The lowest BCUT2D eigenvalue weighted by molar-refractivity contribution is 0.521. The van der Waals surface area contributed by atoms with Crippen LogP contribution < -0.4 is 11.5 Å². The summed E-state index contributed by atoms with van der Waals surface area (Å²) in [4.78, 5) is 0. The largest absolute Gasteiger partial charge is 0.328 e. The van der Waals surface area contributed by atoms with E-state index in [2.05, 4.69) is 19.1 Å². The van der Waals surface area contributed by atoms with Crippen LogP contribution in [0.5, 0.6) is 0 Å². The molecule has 2 unspecified atom stereocenters. The van der Waals surface area contributed by atoms with Crippen molar-refractivity contribution in [2.24, 2.45) is 11.5 Å². The standard InChI is InChI=1S/C12H19N2/c1-2-11(13)9-12(14)8-10-6-4-3-5-7-10/h3-7,11-12H,1-2,8-9,13-14H2. The third-order valence-corrected chi connectivity index (χ3v) is 2.32. The van der Waals surface area contributed by atoms with Crippen molar-refractivity contribution in [3.8, 4) is 0 Å². The highest BCUT2D eigenvalue weighted by molar-refractivity contribution is 5.15. The minimum atomic E-state index is 0.133. The first-order valence-corrected chi connectivity index (χ1v) is 5.06. The van der Waals surface area contributed by atoms with Gasteiger partial charge in [0.2, 0.25) is 0 Å². The van der Waals surface area contributed by atoms with E-state index in [4.69, 9.17) is 11.5 Å². The monoisotopic (exact) mass is 191 g/mol. The van der Waals surface area contributed by atoms with Crippen LogP contribution in [0.2, 0.25) is 0 Å². The molecule has 0 aliphatic carbocycles. The van der Waals surface area contributed by atoms with Gasteiger partial charge in [-0.25, -0.2) is 0 Å². The average Bonchev–Trinajstić information content (AvgIpc) is 2.19. The highest BCUT2D eigenvalue weighted by atomic mass is 14.7. The van der Waals surface area contributed by atoms with E-state index in [9.17, 15) is 0 Å². The molecule has 2 heteroatoms. The third kappa shape index (κ3) is 3.90. The quantitative estimate of drug-likeness (QED) is 0.741. The number of rotatable bonds is 5. The van der Waals surface area contributed by atoms with Crippen LogP contribution >= 0.6 is 0 Å². The molecule has 0 fully saturated rings. The minimum Gasteiger partial charge on any atom is -0.328 e. The van der Waals surface area contributed by atoms with Crippen LogP contribution in [-0.4, -0.2) is 12.1 Å². The predicted molar refractivity (Wildman–Crippen MR) is 60.7 cm³/mol. The molecule has 1 aromatic carbocycles. The first-order chi connectivity index (χ1) is 6.72. The van der Waals surface area contributed by atoms with Crippen LogP contribution in [0, 0.1) is 6.92 Å². The fraction of sp³-hybridized carbons (Fsp3) is 0.417. The molecule has 0 amide bonds. The van der Waals surface area contributed by atoms with E-state index in [-0.39, 0.29) is 12.1 Å². The van der Waals surface area contributed by atoms with Gasteiger partial charge in [-0.1, -0.05) is 37.3 Å². The molecular weight excluding hydrogens is 172 g/mol. The molecule has 2 atom stereocenters. The smallest absolute Gasteiger partial charge is 0.00940 e. The van der Waals surface area contributed by atoms with Gasteiger partial charge in [-0.15, -0.1) is 0 Å². The number of benzene rings is 1. The molecule has 0 heterocycles. The van der Waals surface area contributed by atoms with Crippen LogP contribution in [0.1, 0.15) is 18.4 Å². The average molecular weight is 191 g/mol. The zero-order valence-corrected chi connectivity index (χ0v) is 8.52. The molecule has 1 radical (unpaired) electrons. The summed E-state index contributed by atoms with van der Waals surface area (Å²) in [6.45, 7) is 3.77. The van der Waals surface area contributed by atoms with Gasteiger partial charge in [0.25, 0.3) is 0 Å². The van der Waals surface area contributed by atoms with Crippen molar-refractivity contribution < 1.29 is 0 Å². The summed E-state index contributed by atoms with van der Waals surface area (Å²) in [5.41, 5.74) is 13.0. The highest BCUT2D eigenvalue weighted by Crippen LogP contribution is 2.06. The SMILES string of the molecule is [CH2]CC(N)CC(N)Cc1ccccc1. The second-order valence-electron chi connectivity index (χ2n) is 3.73. The van der Waals surface area contributed by atoms with E-state index in [1.54, 1.807) is 0 Å². The van der Waals surface area contributed by atoms with Crippen molar-refractivity contribution in [2.45, 2.75) is 31.3 Å². The zero-order chi connectivity index (χ0) is 10.4. The fourth-order valence-corrected chi connectivity index (χ4v) is 1.51. The van der Waals surface area contributed by atoms with Gasteiger partial charge < -0.3 is 11.5 Å². The second-order valence-corrected chi connectivity index (χ2v) is 3.73. The Hall–Kier alpha value is -0.860. The molecule has 77 valence electrons. The maximum atomic E-state index is 5.97. The molecule has 0 saturated carbocycles. The topological polar surface area (TPSA) is 52.0 Å². The van der Waals surface area contributed by atoms with Gasteiger partial charge in [-0.3, -0.25) is 0 Å². The summed E-state index contributed by atoms with van der Waals surface area (Å²) in [5.74, 6) is 0. The fourth-order valence-electron chi connectivity index (χ4n) is 1.51. The molecule has 0 spiro atoms. The Morgan fingerprint density at radius 1 is 1.07 bits per heavy atom. The molecule has 2 nitrogen and oxygen atoms in total. The molecule has 4 N–H and O–H groups in total. The summed E-state index contributed by atoms with van der Waals surface area (Å²) in [5, 5.41) is 0. The van der Waals surface area contributed by atoms with E-state index in [0.29, 0.717) is 0 Å². The maximum absolute atomic E-state index is 5.97. The van der Waals surface area contributed by atoms with Gasteiger partial charge in [-0.05, 0) is 24.8 Å². The molecule has 0 aromatic heterocycles. The lowest BCUT2D eigenvalue weighted by atomic mass is 9.99. The first kappa shape index (κ1) is 11.2. The molecule has 0 bridgehead atoms. The number of hydrogen-bond acceptors (Lipinski definition) is 2. The Bertz CT molecular complexity index is 246. The molecule has 1 rings (SSSR count). The van der Waals surface area contributed by atoms with Crippen molar-refractivity contribution in [3.05, 3.63) is 42.8 Å². The molecule has 14 heavy (non-hydrogen) atoms. The predicted octanol–water partition coefficient (Wildman–Crippen LogP) is 1.50. The van der Waals surface area contributed by atoms with Gasteiger partial charge in [-0.2, -0.15) is 0 Å². The zero-order valence-electron chi connectivity index (χ0n) is 8.52. The van der Waals surface area contributed by atoms with E-state index in [1.807, 2.05) is 18.2 Å². The lowest BCUT2D eigenvalue weighted by Gasteiger charge is -2.15. The van der Waals surface area contributed by atoms with Gasteiger partial charge in [0, 0.05) is 12.1 Å². The molecule has 1 aromatic rings. The van der Waals surface area contributed by atoms with Crippen molar-refractivity contribution in [2.75, 3.05) is 0 Å². The van der Waals surface area contributed by atoms with Crippen molar-refractivity contribution in [1.82, 2.24) is 0 Å². The molecule has 0 aliphatic rings. The van der Waals surface area contributed by atoms with Crippen molar-refractivity contribution in [1.29, 1.82) is 0 Å². The minimum absolute atomic E-state index is 0.133. The van der Waals surface area contributed by atoms with Gasteiger partial charge in [0.1, 0.15) is 0 Å². The highest BCUT2D eigenvalue weighted by Gasteiger charge is 2.08. The Morgan fingerprint density at radius 3 is 2.29 bits per heavy atom. The summed E-state index contributed by atoms with van der Waals surface area (Å²) in [6, 6.07) is 10.5. The third-order valence-electron chi connectivity index (χ3n) is 2.32. The molecular formula is C12H19N2. The maximum Gasteiger partial charge on any atom is 0.00940 e. The molecule has 0 aliphatic heterocycles.